The maximum atomic E-state index is 14.0. The summed E-state index contributed by atoms with van der Waals surface area (Å²) in [5, 5.41) is 3.58. The van der Waals surface area contributed by atoms with Crippen LogP contribution < -0.4 is 24.6 Å². The molecule has 1 saturated heterocycles. The number of H-pyrrole nitrogens is 1. The maximum absolute atomic E-state index is 14.0. The molecule has 0 spiro atoms. The van der Waals surface area contributed by atoms with Crippen LogP contribution in [0.25, 0.3) is 0 Å². The molecule has 9 nitrogen and oxygen atoms in total. The van der Waals surface area contributed by atoms with Gasteiger partial charge in [0.25, 0.3) is 5.91 Å². The van der Waals surface area contributed by atoms with E-state index in [1.807, 2.05) is 18.2 Å². The van der Waals surface area contributed by atoms with Crippen molar-refractivity contribution < 1.29 is 28.2 Å². The van der Waals surface area contributed by atoms with Crippen LogP contribution in [0.3, 0.4) is 0 Å². The summed E-state index contributed by atoms with van der Waals surface area (Å²) >= 11 is 6.35. The number of imide groups is 1. The Labute approximate surface area is 285 Å². The molecule has 240 valence electrons. The van der Waals surface area contributed by atoms with Gasteiger partial charge in [0, 0.05) is 31.8 Å². The monoisotopic (exact) mass is 735 g/mol. The topological polar surface area (TPSA) is 118 Å². The van der Waals surface area contributed by atoms with E-state index in [4.69, 9.17) is 9.47 Å². The minimum atomic E-state index is -0.508. The van der Waals surface area contributed by atoms with Crippen molar-refractivity contribution in [2.75, 3.05) is 23.9 Å². The Morgan fingerprint density at radius 1 is 1.02 bits per heavy atom. The first kappa shape index (κ1) is 30.4. The van der Waals surface area contributed by atoms with Crippen molar-refractivity contribution in [3.63, 3.8) is 0 Å². The number of anilines is 2. The summed E-state index contributed by atoms with van der Waals surface area (Å²) in [6, 6.07) is 18.0. The van der Waals surface area contributed by atoms with Crippen LogP contribution in [0.15, 0.2) is 81.0 Å². The van der Waals surface area contributed by atoms with E-state index in [0.29, 0.717) is 22.9 Å². The minimum Gasteiger partial charge on any atom is -0.497 e. The van der Waals surface area contributed by atoms with Gasteiger partial charge in [-0.25, -0.2) is 4.39 Å². The van der Waals surface area contributed by atoms with E-state index in [1.54, 1.807) is 43.1 Å². The van der Waals surface area contributed by atoms with Gasteiger partial charge in [-0.05, 0) is 90.9 Å². The van der Waals surface area contributed by atoms with Gasteiger partial charge in [-0.3, -0.25) is 24.1 Å². The molecular formula is C34H27BrFN3O6S2. The highest BCUT2D eigenvalue weighted by atomic mass is 79.9. The van der Waals surface area contributed by atoms with Crippen molar-refractivity contribution in [2.24, 2.45) is 29.6 Å². The fourth-order valence-corrected chi connectivity index (χ4v) is 11.4. The minimum absolute atomic E-state index is 0.0286. The lowest BCUT2D eigenvalue weighted by atomic mass is 9.68. The zero-order chi connectivity index (χ0) is 32.6. The molecule has 3 amide bonds. The van der Waals surface area contributed by atoms with E-state index in [0.717, 1.165) is 37.7 Å². The predicted molar refractivity (Wildman–Crippen MR) is 179 cm³/mol. The average Bonchev–Trinajstić information content (AvgIpc) is 3.80. The summed E-state index contributed by atoms with van der Waals surface area (Å²) < 4.78 is 25.9. The third-order valence-electron chi connectivity index (χ3n) is 9.85. The number of amides is 3. The number of fused-ring (bicyclic) bond motifs is 9. The number of aromatic amines is 1. The number of nitrogens with one attached hydrogen (secondary N) is 2. The van der Waals surface area contributed by atoms with E-state index in [9.17, 15) is 23.6 Å². The highest BCUT2D eigenvalue weighted by molar-refractivity contribution is 9.10. The van der Waals surface area contributed by atoms with Gasteiger partial charge in [-0.2, -0.15) is 0 Å². The van der Waals surface area contributed by atoms with Crippen LogP contribution in [0.5, 0.6) is 11.5 Å². The van der Waals surface area contributed by atoms with Crippen molar-refractivity contribution in [1.29, 1.82) is 0 Å². The fourth-order valence-electron chi connectivity index (χ4n) is 8.12. The molecule has 7 atom stereocenters. The molecule has 13 heteroatoms. The molecule has 0 radical (unpaired) electrons. The highest BCUT2D eigenvalue weighted by Crippen LogP contribution is 2.69. The van der Waals surface area contributed by atoms with Gasteiger partial charge in [0.05, 0.1) is 29.7 Å². The predicted octanol–water partition coefficient (Wildman–Crippen LogP) is 6.04. The number of thioether (sulfide) groups is 1. The van der Waals surface area contributed by atoms with Crippen LogP contribution in [0, 0.1) is 35.4 Å². The molecule has 3 fully saturated rings. The Kier molecular flexibility index (Phi) is 7.53. The Balaban J connectivity index is 1.12. The molecule has 3 heterocycles. The second kappa shape index (κ2) is 11.6. The molecule has 4 aliphatic rings. The normalized spacial score (nSPS) is 27.0. The van der Waals surface area contributed by atoms with E-state index in [2.05, 4.69) is 26.2 Å². The van der Waals surface area contributed by atoms with Crippen LogP contribution in [0.2, 0.25) is 0 Å². The summed E-state index contributed by atoms with van der Waals surface area (Å²) in [4.78, 5) is 58.4. The Morgan fingerprint density at radius 2 is 1.74 bits per heavy atom. The number of hydrogen-bond donors (Lipinski definition) is 2. The summed E-state index contributed by atoms with van der Waals surface area (Å²) in [5.74, 6) is -1.66. The molecule has 2 saturated carbocycles. The molecule has 6 unspecified atom stereocenters. The Bertz CT molecular complexity index is 1980. The number of methoxy groups -OCH3 is 1. The lowest BCUT2D eigenvalue weighted by Crippen LogP contribution is -2.42. The first-order valence-electron chi connectivity index (χ1n) is 15.1. The van der Waals surface area contributed by atoms with Crippen molar-refractivity contribution in [2.45, 2.75) is 22.6 Å². The van der Waals surface area contributed by atoms with Gasteiger partial charge >= 0.3 is 4.87 Å². The van der Waals surface area contributed by atoms with Gasteiger partial charge in [0.1, 0.15) is 17.3 Å². The second-order valence-electron chi connectivity index (χ2n) is 12.2. The number of rotatable bonds is 7. The third-order valence-corrected chi connectivity index (χ3v) is 12.9. The first-order chi connectivity index (χ1) is 22.7. The van der Waals surface area contributed by atoms with Crippen LogP contribution >= 0.6 is 39.0 Å². The summed E-state index contributed by atoms with van der Waals surface area (Å²) in [5.41, 5.74) is 1.78. The second-order valence-corrected chi connectivity index (χ2v) is 15.3. The molecule has 8 rings (SSSR count). The molecule has 2 aliphatic heterocycles. The number of benzene rings is 3. The SMILES string of the molecule is COc1ccc(NC(=O)COc2ccc(Br)cc2[C@H]2c3sc(=O)[nH]c3SC3C4CC(C5C(=O)N(c6ccc(F)cc6)C(=O)C45)C32)cc1. The smallest absolute Gasteiger partial charge is 0.305 e. The zero-order valence-electron chi connectivity index (χ0n) is 24.8. The molecule has 2 bridgehead atoms. The molecule has 1 aromatic heterocycles. The van der Waals surface area contributed by atoms with E-state index < -0.39 is 17.7 Å². The van der Waals surface area contributed by atoms with Crippen molar-refractivity contribution in [3.05, 3.63) is 97.1 Å². The summed E-state index contributed by atoms with van der Waals surface area (Å²) in [7, 11) is 1.57. The number of carbonyl (C=O) groups excluding carboxylic acids is 3. The average molecular weight is 737 g/mol. The van der Waals surface area contributed by atoms with Crippen molar-refractivity contribution >= 4 is 68.1 Å². The van der Waals surface area contributed by atoms with Crippen LogP contribution in [0.4, 0.5) is 15.8 Å². The number of ether oxygens (including phenoxy) is 2. The Morgan fingerprint density at radius 3 is 2.47 bits per heavy atom. The number of thiazole rings is 1. The summed E-state index contributed by atoms with van der Waals surface area (Å²) in [6.07, 6.45) is 0.719. The number of hydrogen-bond acceptors (Lipinski definition) is 8. The van der Waals surface area contributed by atoms with E-state index >= 15 is 0 Å². The lowest BCUT2D eigenvalue weighted by molar-refractivity contribution is -0.123. The first-order valence-corrected chi connectivity index (χ1v) is 17.6. The van der Waals surface area contributed by atoms with Gasteiger partial charge in [0.2, 0.25) is 11.8 Å². The van der Waals surface area contributed by atoms with E-state index in [1.165, 1.54) is 29.2 Å². The largest absolute Gasteiger partial charge is 0.497 e. The molecule has 4 aromatic rings. The molecule has 47 heavy (non-hydrogen) atoms. The van der Waals surface area contributed by atoms with Crippen molar-refractivity contribution in [1.82, 2.24) is 4.98 Å². The number of nitrogens with zero attached hydrogens (tertiary/aromatic N) is 1. The third kappa shape index (κ3) is 5.01. The van der Waals surface area contributed by atoms with Crippen LogP contribution in [-0.2, 0) is 14.4 Å². The maximum Gasteiger partial charge on any atom is 0.305 e. The van der Waals surface area contributed by atoms with Gasteiger partial charge in [-0.15, -0.1) is 11.8 Å². The van der Waals surface area contributed by atoms with Crippen LogP contribution in [-0.4, -0.2) is 41.7 Å². The lowest BCUT2D eigenvalue weighted by Gasteiger charge is -2.43. The van der Waals surface area contributed by atoms with Crippen LogP contribution in [0.1, 0.15) is 22.8 Å². The van der Waals surface area contributed by atoms with Gasteiger partial charge in [-0.1, -0.05) is 27.3 Å². The number of carbonyl (C=O) groups is 3. The van der Waals surface area contributed by atoms with Gasteiger partial charge < -0.3 is 19.8 Å². The molecular weight excluding hydrogens is 709 g/mol. The molecule has 2 N–H and O–H groups in total. The fraction of sp³-hybridized carbons (Fsp3) is 0.294. The zero-order valence-corrected chi connectivity index (χ0v) is 28.0. The molecule has 2 aliphatic carbocycles. The summed E-state index contributed by atoms with van der Waals surface area (Å²) in [6.45, 7) is -0.247. The quantitative estimate of drug-likeness (QED) is 0.222. The molecule has 3 aromatic carbocycles. The number of halogens is 2. The highest BCUT2D eigenvalue weighted by Gasteiger charge is 2.69. The Hall–Kier alpha value is -3.94. The van der Waals surface area contributed by atoms with E-state index in [-0.39, 0.29) is 58.1 Å². The number of aromatic nitrogens is 1. The van der Waals surface area contributed by atoms with Gasteiger partial charge in [0.15, 0.2) is 6.61 Å². The van der Waals surface area contributed by atoms with Crippen molar-refractivity contribution in [3.8, 4) is 11.5 Å². The standard InChI is InChI=1S/C34H27BrFN3O6S2/c1-44-19-9-5-17(6-10-19)37-24(40)14-45-23-11-2-15(35)12-20(23)25-26-21-13-22(29(26)46-31-30(25)47-34(43)38-31)28-27(21)32(41)39(33(28)42)18-7-3-16(36)4-8-18/h2-12,21-22,25-29H,13-14H2,1H3,(H,37,40)(H,38,43)/t21?,22?,25-,26?,27?,28?,29?/m1/s1.